The van der Waals surface area contributed by atoms with Gasteiger partial charge in [0.15, 0.2) is 0 Å². The predicted octanol–water partition coefficient (Wildman–Crippen LogP) is 4.81. The molecule has 5 rings (SSSR count). The maximum atomic E-state index is 11.1. The minimum atomic E-state index is -0.721. The van der Waals surface area contributed by atoms with Crippen molar-refractivity contribution in [3.05, 3.63) is 88.1 Å². The van der Waals surface area contributed by atoms with Gasteiger partial charge in [0.25, 0.3) is 0 Å². The molecule has 2 aliphatic rings. The van der Waals surface area contributed by atoms with Crippen molar-refractivity contribution < 1.29 is 19.4 Å². The van der Waals surface area contributed by atoms with Gasteiger partial charge < -0.3 is 14.6 Å². The number of fused-ring (bicyclic) bond motifs is 1. The van der Waals surface area contributed by atoms with Crippen LogP contribution in [0.2, 0.25) is 0 Å². The molecule has 0 aliphatic heterocycles. The molecule has 3 atom stereocenters. The van der Waals surface area contributed by atoms with E-state index in [0.29, 0.717) is 24.3 Å². The van der Waals surface area contributed by atoms with Crippen molar-refractivity contribution >= 4 is 5.97 Å². The van der Waals surface area contributed by atoms with E-state index >= 15 is 0 Å². The molecule has 33 heavy (non-hydrogen) atoms. The Hall–Kier alpha value is -3.85. The number of methoxy groups -OCH3 is 1. The topological polar surface area (TPSA) is 92.4 Å². The Morgan fingerprint density at radius 3 is 2.64 bits per heavy atom. The molecule has 1 N–H and O–H groups in total. The number of nitrogens with zero attached hydrogens (tertiary/aromatic N) is 2. The molecular weight excluding hydrogens is 416 g/mol. The Morgan fingerprint density at radius 2 is 2.00 bits per heavy atom. The van der Waals surface area contributed by atoms with Gasteiger partial charge >= 0.3 is 5.97 Å². The number of hydrogen-bond donors (Lipinski definition) is 1. The highest BCUT2D eigenvalue weighted by Gasteiger charge is 2.44. The Labute approximate surface area is 192 Å². The van der Waals surface area contributed by atoms with Crippen LogP contribution in [0.15, 0.2) is 54.7 Å². The summed E-state index contributed by atoms with van der Waals surface area (Å²) in [6, 6.07) is 17.8. The minimum absolute atomic E-state index is 0.0703. The second-order valence-corrected chi connectivity index (χ2v) is 8.66. The largest absolute Gasteiger partial charge is 0.486 e. The SMILES string of the molecule is COc1ccc(Cc2c(C#N)ccc3c2CC[C@H]3Oc2ccc([C@H]3C[C@@H]3C(=O)O)cc2)cn1. The van der Waals surface area contributed by atoms with E-state index in [2.05, 4.69) is 11.1 Å². The summed E-state index contributed by atoms with van der Waals surface area (Å²) in [6.45, 7) is 0. The van der Waals surface area contributed by atoms with Gasteiger partial charge in [-0.25, -0.2) is 4.98 Å². The first-order valence-electron chi connectivity index (χ1n) is 11.1. The van der Waals surface area contributed by atoms with E-state index < -0.39 is 5.97 Å². The summed E-state index contributed by atoms with van der Waals surface area (Å²) in [7, 11) is 1.59. The average molecular weight is 440 g/mol. The number of benzene rings is 2. The molecule has 1 fully saturated rings. The first kappa shape index (κ1) is 21.0. The summed E-state index contributed by atoms with van der Waals surface area (Å²) in [5.41, 5.74) is 6.12. The first-order chi connectivity index (χ1) is 16.1. The molecule has 2 aliphatic carbocycles. The van der Waals surface area contributed by atoms with Crippen molar-refractivity contribution in [3.8, 4) is 17.7 Å². The fraction of sp³-hybridized carbons (Fsp3) is 0.296. The highest BCUT2D eigenvalue weighted by Crippen LogP contribution is 2.48. The highest BCUT2D eigenvalue weighted by atomic mass is 16.5. The molecule has 1 heterocycles. The van der Waals surface area contributed by atoms with Crippen LogP contribution in [-0.2, 0) is 17.6 Å². The molecule has 0 spiro atoms. The fourth-order valence-corrected chi connectivity index (χ4v) is 4.80. The van der Waals surface area contributed by atoms with Crippen LogP contribution in [0.5, 0.6) is 11.6 Å². The van der Waals surface area contributed by atoms with Crippen molar-refractivity contribution in [2.45, 2.75) is 37.7 Å². The summed E-state index contributed by atoms with van der Waals surface area (Å²) in [6.07, 6.45) is 4.77. The third-order valence-corrected chi connectivity index (χ3v) is 6.67. The van der Waals surface area contributed by atoms with E-state index in [1.165, 1.54) is 5.56 Å². The number of pyridine rings is 1. The number of carboxylic acid groups (broad SMARTS) is 1. The first-order valence-corrected chi connectivity index (χ1v) is 11.1. The van der Waals surface area contributed by atoms with Gasteiger partial charge in [0, 0.05) is 18.7 Å². The maximum Gasteiger partial charge on any atom is 0.307 e. The molecule has 6 heteroatoms. The molecule has 3 aromatic rings. The lowest BCUT2D eigenvalue weighted by atomic mass is 9.93. The van der Waals surface area contributed by atoms with E-state index in [0.717, 1.165) is 40.8 Å². The molecular formula is C27H24N2O4. The van der Waals surface area contributed by atoms with Crippen LogP contribution in [-0.4, -0.2) is 23.2 Å². The van der Waals surface area contributed by atoms with Crippen molar-refractivity contribution in [2.75, 3.05) is 7.11 Å². The number of ether oxygens (including phenoxy) is 2. The van der Waals surface area contributed by atoms with Gasteiger partial charge in [-0.2, -0.15) is 5.26 Å². The molecule has 0 unspecified atom stereocenters. The Morgan fingerprint density at radius 1 is 1.18 bits per heavy atom. The van der Waals surface area contributed by atoms with Gasteiger partial charge in [-0.15, -0.1) is 0 Å². The third-order valence-electron chi connectivity index (χ3n) is 6.67. The molecule has 2 aromatic carbocycles. The lowest BCUT2D eigenvalue weighted by Gasteiger charge is -2.17. The van der Waals surface area contributed by atoms with Crippen LogP contribution < -0.4 is 9.47 Å². The van der Waals surface area contributed by atoms with Crippen LogP contribution in [0.25, 0.3) is 0 Å². The number of aliphatic carboxylic acids is 1. The normalized spacial score (nSPS) is 20.5. The summed E-state index contributed by atoms with van der Waals surface area (Å²) in [5, 5.41) is 18.8. The van der Waals surface area contributed by atoms with Crippen molar-refractivity contribution in [1.82, 2.24) is 4.98 Å². The molecule has 1 aromatic heterocycles. The van der Waals surface area contributed by atoms with Gasteiger partial charge in [0.1, 0.15) is 11.9 Å². The van der Waals surface area contributed by atoms with E-state index in [-0.39, 0.29) is 17.9 Å². The van der Waals surface area contributed by atoms with Crippen LogP contribution in [0, 0.1) is 17.2 Å². The van der Waals surface area contributed by atoms with E-state index in [1.807, 2.05) is 48.5 Å². The zero-order valence-corrected chi connectivity index (χ0v) is 18.3. The molecule has 166 valence electrons. The highest BCUT2D eigenvalue weighted by molar-refractivity contribution is 5.75. The quantitative estimate of drug-likeness (QED) is 0.567. The van der Waals surface area contributed by atoms with Crippen molar-refractivity contribution in [3.63, 3.8) is 0 Å². The lowest BCUT2D eigenvalue weighted by molar-refractivity contribution is -0.138. The van der Waals surface area contributed by atoms with Crippen molar-refractivity contribution in [1.29, 1.82) is 5.26 Å². The number of carbonyl (C=O) groups is 1. The Bertz CT molecular complexity index is 1230. The van der Waals surface area contributed by atoms with Gasteiger partial charge in [0.05, 0.1) is 24.7 Å². The second kappa shape index (κ2) is 8.59. The van der Waals surface area contributed by atoms with Gasteiger partial charge in [-0.3, -0.25) is 4.79 Å². The Balaban J connectivity index is 1.34. The van der Waals surface area contributed by atoms with Gasteiger partial charge in [0.2, 0.25) is 5.88 Å². The van der Waals surface area contributed by atoms with Crippen LogP contribution in [0.1, 0.15) is 58.2 Å². The standard InChI is InChI=1S/C27H24N2O4/c1-32-26-11-2-16(15-29-26)12-22-18(14-28)5-8-21-20(22)9-10-25(21)33-19-6-3-17(4-7-19)23-13-24(23)27(30)31/h2-8,11,15,23-25H,9-10,12-13H2,1H3,(H,30,31)/t23-,24+,25-/m1/s1. The van der Waals surface area contributed by atoms with E-state index in [9.17, 15) is 10.1 Å². The van der Waals surface area contributed by atoms with Gasteiger partial charge in [-0.1, -0.05) is 24.3 Å². The fourth-order valence-electron chi connectivity index (χ4n) is 4.80. The monoisotopic (exact) mass is 440 g/mol. The lowest BCUT2D eigenvalue weighted by Crippen LogP contribution is -2.05. The molecule has 1 saturated carbocycles. The van der Waals surface area contributed by atoms with Crippen LogP contribution in [0.4, 0.5) is 0 Å². The van der Waals surface area contributed by atoms with Crippen LogP contribution in [0.3, 0.4) is 0 Å². The smallest absolute Gasteiger partial charge is 0.307 e. The number of hydrogen-bond acceptors (Lipinski definition) is 5. The second-order valence-electron chi connectivity index (χ2n) is 8.66. The zero-order chi connectivity index (χ0) is 22.9. The molecule has 0 saturated heterocycles. The molecule has 0 amide bonds. The molecule has 0 bridgehead atoms. The third kappa shape index (κ3) is 4.14. The number of rotatable bonds is 7. The summed E-state index contributed by atoms with van der Waals surface area (Å²) < 4.78 is 11.5. The number of aromatic nitrogens is 1. The number of nitriles is 1. The minimum Gasteiger partial charge on any atom is -0.486 e. The number of carboxylic acids is 1. The average Bonchev–Trinajstić information content (AvgIpc) is 3.55. The summed E-state index contributed by atoms with van der Waals surface area (Å²) >= 11 is 0. The maximum absolute atomic E-state index is 11.1. The van der Waals surface area contributed by atoms with Crippen LogP contribution >= 0.6 is 0 Å². The summed E-state index contributed by atoms with van der Waals surface area (Å²) in [4.78, 5) is 15.4. The predicted molar refractivity (Wildman–Crippen MR) is 121 cm³/mol. The Kier molecular flexibility index (Phi) is 5.47. The zero-order valence-electron chi connectivity index (χ0n) is 18.3. The van der Waals surface area contributed by atoms with Crippen molar-refractivity contribution in [2.24, 2.45) is 5.92 Å². The molecule has 6 nitrogen and oxygen atoms in total. The summed E-state index contributed by atoms with van der Waals surface area (Å²) in [5.74, 6) is 0.475. The van der Waals surface area contributed by atoms with E-state index in [4.69, 9.17) is 14.6 Å². The van der Waals surface area contributed by atoms with E-state index in [1.54, 1.807) is 13.3 Å². The van der Waals surface area contributed by atoms with Gasteiger partial charge in [-0.05, 0) is 71.2 Å². The molecule has 0 radical (unpaired) electrons.